The van der Waals surface area contributed by atoms with E-state index < -0.39 is 0 Å². The van der Waals surface area contributed by atoms with Crippen molar-refractivity contribution >= 4 is 23.0 Å². The molecule has 0 saturated carbocycles. The summed E-state index contributed by atoms with van der Waals surface area (Å²) in [6.07, 6.45) is 2.48. The van der Waals surface area contributed by atoms with Gasteiger partial charge in [0, 0.05) is 12.1 Å². The Bertz CT molecular complexity index is 841. The molecule has 0 aliphatic carbocycles. The van der Waals surface area contributed by atoms with Crippen molar-refractivity contribution in [3.8, 4) is 0 Å². The molecule has 1 atom stereocenters. The van der Waals surface area contributed by atoms with Gasteiger partial charge in [0.15, 0.2) is 0 Å². The fraction of sp³-hybridized carbons (Fsp3) is 0.364. The fourth-order valence-corrected chi connectivity index (χ4v) is 3.87. The molecule has 1 saturated heterocycles. The van der Waals surface area contributed by atoms with Crippen molar-refractivity contribution in [2.75, 3.05) is 24.7 Å². The Morgan fingerprint density at radius 3 is 2.65 bits per heavy atom. The third-order valence-corrected chi connectivity index (χ3v) is 5.26. The smallest absolute Gasteiger partial charge is 0.278 e. The number of hydrogen-bond donors (Lipinski definition) is 0. The number of benzene rings is 2. The lowest BCUT2D eigenvalue weighted by molar-refractivity contribution is -0.112. The number of likely N-dealkylation sites (tertiary alicyclic amines) is 1. The van der Waals surface area contributed by atoms with Crippen LogP contribution in [0.1, 0.15) is 30.9 Å². The number of fused-ring (bicyclic) bond motifs is 1. The number of carbonyl (C=O) groups is 1. The molecule has 4 heteroatoms. The van der Waals surface area contributed by atoms with E-state index in [0.717, 1.165) is 30.0 Å². The number of amides is 1. The number of anilines is 1. The summed E-state index contributed by atoms with van der Waals surface area (Å²) in [6.45, 7) is 7.09. The van der Waals surface area contributed by atoms with E-state index in [2.05, 4.69) is 16.8 Å². The Morgan fingerprint density at radius 2 is 1.88 bits per heavy atom. The lowest BCUT2D eigenvalue weighted by Crippen LogP contribution is -2.45. The molecule has 4 rings (SSSR count). The Morgan fingerprint density at radius 1 is 1.12 bits per heavy atom. The van der Waals surface area contributed by atoms with Crippen LogP contribution in [0.25, 0.3) is 0 Å². The number of rotatable bonds is 3. The summed E-state index contributed by atoms with van der Waals surface area (Å²) in [7, 11) is 0. The van der Waals surface area contributed by atoms with Gasteiger partial charge >= 0.3 is 0 Å². The standard InChI is InChI=1S/C22H25N3O/c1-16-9-11-18(12-10-16)23-21-19-7-3-4-8-20(19)25(22(21)26)15-24-13-5-6-17(2)14-24/h3-4,7-12,17H,5-6,13-15H2,1-2H3/t17-/m1/s1. The third kappa shape index (κ3) is 3.29. The highest BCUT2D eigenvalue weighted by Gasteiger charge is 2.35. The van der Waals surface area contributed by atoms with Gasteiger partial charge in [0.25, 0.3) is 5.91 Å². The number of piperidine rings is 1. The average molecular weight is 347 g/mol. The summed E-state index contributed by atoms with van der Waals surface area (Å²) in [6, 6.07) is 16.0. The van der Waals surface area contributed by atoms with Crippen LogP contribution in [0, 0.1) is 12.8 Å². The first-order valence-corrected chi connectivity index (χ1v) is 9.41. The molecule has 4 nitrogen and oxygen atoms in total. The minimum Gasteiger partial charge on any atom is -0.293 e. The van der Waals surface area contributed by atoms with E-state index in [1.54, 1.807) is 0 Å². The zero-order chi connectivity index (χ0) is 18.1. The van der Waals surface area contributed by atoms with Crippen molar-refractivity contribution in [2.45, 2.75) is 26.7 Å². The Labute approximate surface area is 155 Å². The lowest BCUT2D eigenvalue weighted by atomic mass is 10.0. The van der Waals surface area contributed by atoms with Crippen LogP contribution in [-0.4, -0.2) is 36.3 Å². The maximum Gasteiger partial charge on any atom is 0.278 e. The van der Waals surface area contributed by atoms with E-state index in [4.69, 9.17) is 0 Å². The largest absolute Gasteiger partial charge is 0.293 e. The van der Waals surface area contributed by atoms with E-state index in [1.165, 1.54) is 18.4 Å². The van der Waals surface area contributed by atoms with Crippen LogP contribution in [0.3, 0.4) is 0 Å². The maximum atomic E-state index is 13.2. The first-order chi connectivity index (χ1) is 12.6. The van der Waals surface area contributed by atoms with Crippen LogP contribution in [-0.2, 0) is 4.79 Å². The van der Waals surface area contributed by atoms with Gasteiger partial charge in [-0.15, -0.1) is 0 Å². The highest BCUT2D eigenvalue weighted by Crippen LogP contribution is 2.31. The van der Waals surface area contributed by atoms with Crippen LogP contribution in [0.2, 0.25) is 0 Å². The molecular formula is C22H25N3O. The minimum absolute atomic E-state index is 0.00463. The summed E-state index contributed by atoms with van der Waals surface area (Å²) in [5.74, 6) is 0.697. The topological polar surface area (TPSA) is 35.9 Å². The molecule has 2 aromatic carbocycles. The molecule has 0 spiro atoms. The average Bonchev–Trinajstić information content (AvgIpc) is 2.90. The molecule has 26 heavy (non-hydrogen) atoms. The summed E-state index contributed by atoms with van der Waals surface area (Å²) >= 11 is 0. The number of hydrogen-bond acceptors (Lipinski definition) is 3. The van der Waals surface area contributed by atoms with Gasteiger partial charge in [0.2, 0.25) is 0 Å². The first kappa shape index (κ1) is 17.0. The van der Waals surface area contributed by atoms with Gasteiger partial charge in [-0.1, -0.05) is 42.8 Å². The molecule has 2 aromatic rings. The van der Waals surface area contributed by atoms with E-state index in [9.17, 15) is 4.79 Å². The molecule has 2 aliphatic rings. The van der Waals surface area contributed by atoms with Gasteiger partial charge in [-0.25, -0.2) is 4.99 Å². The molecular weight excluding hydrogens is 322 g/mol. The van der Waals surface area contributed by atoms with E-state index in [0.29, 0.717) is 18.3 Å². The van der Waals surface area contributed by atoms with Crippen molar-refractivity contribution in [1.29, 1.82) is 0 Å². The van der Waals surface area contributed by atoms with Crippen molar-refractivity contribution in [3.05, 3.63) is 59.7 Å². The predicted molar refractivity (Wildman–Crippen MR) is 106 cm³/mol. The quantitative estimate of drug-likeness (QED) is 0.836. The zero-order valence-electron chi connectivity index (χ0n) is 15.5. The molecule has 0 N–H and O–H groups in total. The van der Waals surface area contributed by atoms with Crippen molar-refractivity contribution in [3.63, 3.8) is 0 Å². The predicted octanol–water partition coefficient (Wildman–Crippen LogP) is 4.15. The van der Waals surface area contributed by atoms with E-state index in [-0.39, 0.29) is 5.91 Å². The number of aryl methyl sites for hydroxylation is 1. The summed E-state index contributed by atoms with van der Waals surface area (Å²) in [5.41, 5.74) is 4.47. The Kier molecular flexibility index (Phi) is 4.60. The van der Waals surface area contributed by atoms with Gasteiger partial charge in [-0.2, -0.15) is 0 Å². The second-order valence-corrected chi connectivity index (χ2v) is 7.51. The molecule has 1 fully saturated rings. The first-order valence-electron chi connectivity index (χ1n) is 9.41. The fourth-order valence-electron chi connectivity index (χ4n) is 3.87. The molecule has 2 aliphatic heterocycles. The SMILES string of the molecule is Cc1ccc(N=C2C(=O)N(CN3CCC[C@@H](C)C3)c3ccccc32)cc1. The van der Waals surface area contributed by atoms with Crippen LogP contribution in [0.5, 0.6) is 0 Å². The molecule has 0 unspecified atom stereocenters. The second-order valence-electron chi connectivity index (χ2n) is 7.51. The van der Waals surface area contributed by atoms with Crippen LogP contribution in [0.15, 0.2) is 53.5 Å². The van der Waals surface area contributed by atoms with Gasteiger partial charge in [0.1, 0.15) is 5.71 Å². The number of aliphatic imine (C=N–C) groups is 1. The van der Waals surface area contributed by atoms with Crippen molar-refractivity contribution < 1.29 is 4.79 Å². The van der Waals surface area contributed by atoms with E-state index >= 15 is 0 Å². The van der Waals surface area contributed by atoms with E-state index in [1.807, 2.05) is 60.4 Å². The molecule has 0 aromatic heterocycles. The van der Waals surface area contributed by atoms with Crippen LogP contribution >= 0.6 is 0 Å². The highest BCUT2D eigenvalue weighted by atomic mass is 16.2. The van der Waals surface area contributed by atoms with Gasteiger partial charge in [0.05, 0.1) is 18.0 Å². The Balaban J connectivity index is 1.65. The molecule has 0 bridgehead atoms. The lowest BCUT2D eigenvalue weighted by Gasteiger charge is -2.33. The van der Waals surface area contributed by atoms with Gasteiger partial charge < -0.3 is 0 Å². The molecule has 0 radical (unpaired) electrons. The summed E-state index contributed by atoms with van der Waals surface area (Å²) in [4.78, 5) is 22.1. The van der Waals surface area contributed by atoms with Gasteiger partial charge in [-0.3, -0.25) is 14.6 Å². The number of carbonyl (C=O) groups excluding carboxylic acids is 1. The van der Waals surface area contributed by atoms with Crippen molar-refractivity contribution in [1.82, 2.24) is 4.90 Å². The highest BCUT2D eigenvalue weighted by molar-refractivity contribution is 6.54. The summed E-state index contributed by atoms with van der Waals surface area (Å²) in [5, 5.41) is 0. The Hall–Kier alpha value is -2.46. The second kappa shape index (κ2) is 7.04. The van der Waals surface area contributed by atoms with Crippen LogP contribution in [0.4, 0.5) is 11.4 Å². The van der Waals surface area contributed by atoms with Gasteiger partial charge in [-0.05, 0) is 50.4 Å². The van der Waals surface area contributed by atoms with Crippen LogP contribution < -0.4 is 4.90 Å². The number of para-hydroxylation sites is 1. The monoisotopic (exact) mass is 347 g/mol. The zero-order valence-corrected chi connectivity index (χ0v) is 15.5. The maximum absolute atomic E-state index is 13.2. The molecule has 2 heterocycles. The molecule has 134 valence electrons. The number of nitrogens with zero attached hydrogens (tertiary/aromatic N) is 3. The minimum atomic E-state index is 0.00463. The third-order valence-electron chi connectivity index (χ3n) is 5.26. The van der Waals surface area contributed by atoms with Crippen molar-refractivity contribution in [2.24, 2.45) is 10.9 Å². The normalized spacial score (nSPS) is 22.1. The summed E-state index contributed by atoms with van der Waals surface area (Å²) < 4.78 is 0. The molecule has 1 amide bonds.